The van der Waals surface area contributed by atoms with Crippen LogP contribution in [0.1, 0.15) is 13.8 Å². The first-order valence-corrected chi connectivity index (χ1v) is 7.83. The number of nitrogens with one attached hydrogen (secondary N) is 2. The summed E-state index contributed by atoms with van der Waals surface area (Å²) in [5.41, 5.74) is 0. The molecule has 0 amide bonds. The van der Waals surface area contributed by atoms with Gasteiger partial charge in [-0.3, -0.25) is 0 Å². The molecule has 19 heavy (non-hydrogen) atoms. The predicted octanol–water partition coefficient (Wildman–Crippen LogP) is 2.14. The minimum absolute atomic E-state index is 0. The third-order valence-electron chi connectivity index (χ3n) is 1.71. The maximum atomic E-state index is 4.81. The normalized spacial score (nSPS) is 8.26. The molecule has 0 atom stereocenters. The fraction of sp³-hybridized carbons (Fsp3) is 0.667. The summed E-state index contributed by atoms with van der Waals surface area (Å²) in [7, 11) is 0. The third-order valence-corrected chi connectivity index (χ3v) is 2.86. The maximum absolute atomic E-state index is 4.81. The van der Waals surface area contributed by atoms with E-state index >= 15 is 0 Å². The first-order valence-electron chi connectivity index (χ1n) is 5.26. The van der Waals surface area contributed by atoms with Crippen molar-refractivity contribution in [1.82, 2.24) is 15.5 Å². The second-order valence-corrected chi connectivity index (χ2v) is 6.35. The number of nitrogens with zero attached hydrogens (tertiary/aromatic N) is 1. The summed E-state index contributed by atoms with van der Waals surface area (Å²) in [6.45, 7) is 7.46. The van der Waals surface area contributed by atoms with Gasteiger partial charge < -0.3 is 15.5 Å². The summed E-state index contributed by atoms with van der Waals surface area (Å²) in [5, 5.41) is 5.68. The molecule has 0 spiro atoms. The van der Waals surface area contributed by atoms with Gasteiger partial charge in [0.25, 0.3) is 0 Å². The van der Waals surface area contributed by atoms with E-state index in [0.717, 1.165) is 13.1 Å². The van der Waals surface area contributed by atoms with E-state index in [1.54, 1.807) is 0 Å². The van der Waals surface area contributed by atoms with Crippen LogP contribution in [-0.2, 0) is 17.1 Å². The van der Waals surface area contributed by atoms with Crippen LogP contribution in [0.5, 0.6) is 0 Å². The van der Waals surface area contributed by atoms with Crippen molar-refractivity contribution in [3.63, 3.8) is 0 Å². The Bertz CT molecular complexity index is 257. The summed E-state index contributed by atoms with van der Waals surface area (Å²) in [6.07, 6.45) is 0. The molecule has 0 aliphatic heterocycles. The van der Waals surface area contributed by atoms with Gasteiger partial charge in [-0.05, 0) is 13.8 Å². The molecule has 0 aliphatic rings. The van der Waals surface area contributed by atoms with E-state index in [1.165, 1.54) is 0 Å². The summed E-state index contributed by atoms with van der Waals surface area (Å²) < 4.78 is 1.67. The van der Waals surface area contributed by atoms with Crippen LogP contribution in [0.3, 0.4) is 0 Å². The zero-order valence-corrected chi connectivity index (χ0v) is 16.7. The molecule has 2 N–H and O–H groups in total. The average Bonchev–Trinajstić information content (AvgIpc) is 2.26. The monoisotopic (exact) mass is 424 g/mol. The quantitative estimate of drug-likeness (QED) is 0.201. The third kappa shape index (κ3) is 21.7. The molecule has 0 saturated carbocycles. The van der Waals surface area contributed by atoms with Gasteiger partial charge in [0.15, 0.2) is 0 Å². The van der Waals surface area contributed by atoms with Gasteiger partial charge in [0.05, 0.1) is 0 Å². The smallest absolute Gasteiger partial charge is 0.133 e. The van der Waals surface area contributed by atoms with Crippen molar-refractivity contribution in [2.75, 3.05) is 26.2 Å². The Hall–Kier alpha value is 1.24. The molecule has 0 heterocycles. The Kier molecular flexibility index (Phi) is 22.9. The molecule has 0 aromatic carbocycles. The van der Waals surface area contributed by atoms with Crippen LogP contribution in [0.2, 0.25) is 0 Å². The van der Waals surface area contributed by atoms with Gasteiger partial charge in [-0.25, -0.2) is 0 Å². The summed E-state index contributed by atoms with van der Waals surface area (Å²) >= 11 is 25.8. The summed E-state index contributed by atoms with van der Waals surface area (Å²) in [6, 6.07) is 0. The van der Waals surface area contributed by atoms with Gasteiger partial charge in [-0.15, -0.1) is 37.9 Å². The number of hydrogen-bond acceptors (Lipinski definition) is 3. The maximum Gasteiger partial charge on any atom is 0.133 e. The Labute approximate surface area is 159 Å². The van der Waals surface area contributed by atoms with Crippen molar-refractivity contribution in [3.8, 4) is 0 Å². The SMILES string of the molecule is CCN(CC)C(=S)S.S=C(S)NCCNC(=S)S.[Cu]. The molecule has 0 aromatic rings. The molecular formula is C9H19CuN3S6. The fourth-order valence-corrected chi connectivity index (χ4v) is 1.80. The molecule has 0 saturated heterocycles. The molecule has 0 rings (SSSR count). The van der Waals surface area contributed by atoms with Crippen LogP contribution in [-0.4, -0.2) is 44.0 Å². The number of hydrogen-bond donors (Lipinski definition) is 5. The topological polar surface area (TPSA) is 27.3 Å². The second-order valence-electron chi connectivity index (χ2n) is 2.92. The van der Waals surface area contributed by atoms with E-state index in [9.17, 15) is 0 Å². The second kappa shape index (κ2) is 17.3. The van der Waals surface area contributed by atoms with Crippen molar-refractivity contribution >= 4 is 87.5 Å². The van der Waals surface area contributed by atoms with Crippen LogP contribution in [0, 0.1) is 0 Å². The molecule has 0 aromatic heterocycles. The Balaban J connectivity index is -0.000000262. The standard InChI is InChI=1S/C5H11NS2.C4H8N2S4.Cu/c1-3-6(4-2)5(7)8;7-3(8)5-1-2-6-4(9)10;/h3-4H2,1-2H3,(H,7,8);1-2H2,(H2,5,7,8)(H2,6,9,10);. The number of thiocarbonyl (C=S) groups is 3. The first kappa shape index (κ1) is 25.2. The van der Waals surface area contributed by atoms with Crippen molar-refractivity contribution in [3.05, 3.63) is 0 Å². The van der Waals surface area contributed by atoms with Crippen LogP contribution in [0.15, 0.2) is 0 Å². The van der Waals surface area contributed by atoms with Gasteiger partial charge in [-0.1, -0.05) is 36.7 Å². The van der Waals surface area contributed by atoms with Gasteiger partial charge in [0, 0.05) is 43.2 Å². The number of thiol groups is 3. The molecule has 0 bridgehead atoms. The summed E-state index contributed by atoms with van der Waals surface area (Å²) in [4.78, 5) is 2.01. The molecular weight excluding hydrogens is 406 g/mol. The predicted molar refractivity (Wildman–Crippen MR) is 104 cm³/mol. The van der Waals surface area contributed by atoms with E-state index in [-0.39, 0.29) is 17.1 Å². The molecule has 0 fully saturated rings. The van der Waals surface area contributed by atoms with Gasteiger partial charge >= 0.3 is 0 Å². The van der Waals surface area contributed by atoms with E-state index in [2.05, 4.69) is 86.8 Å². The molecule has 3 nitrogen and oxygen atoms in total. The largest absolute Gasteiger partial charge is 0.369 e. The average molecular weight is 425 g/mol. The van der Waals surface area contributed by atoms with Crippen molar-refractivity contribution in [2.45, 2.75) is 13.8 Å². The molecule has 10 heteroatoms. The number of rotatable bonds is 5. The van der Waals surface area contributed by atoms with E-state index in [0.29, 0.717) is 26.1 Å². The van der Waals surface area contributed by atoms with Crippen molar-refractivity contribution in [1.29, 1.82) is 0 Å². The van der Waals surface area contributed by atoms with Crippen molar-refractivity contribution < 1.29 is 17.1 Å². The molecule has 1 radical (unpaired) electrons. The first-order chi connectivity index (χ1) is 8.34. The molecule has 0 unspecified atom stereocenters. The van der Waals surface area contributed by atoms with Crippen LogP contribution < -0.4 is 10.6 Å². The Morgan fingerprint density at radius 2 is 1.21 bits per heavy atom. The zero-order valence-electron chi connectivity index (χ0n) is 10.6. The van der Waals surface area contributed by atoms with Gasteiger partial charge in [-0.2, -0.15) is 0 Å². The van der Waals surface area contributed by atoms with E-state index in [4.69, 9.17) is 12.2 Å². The van der Waals surface area contributed by atoms with Crippen molar-refractivity contribution in [2.24, 2.45) is 0 Å². The van der Waals surface area contributed by atoms with Crippen LogP contribution in [0.4, 0.5) is 0 Å². The molecule has 0 aliphatic carbocycles. The van der Waals surface area contributed by atoms with Gasteiger partial charge in [0.1, 0.15) is 13.0 Å². The minimum atomic E-state index is 0. The Morgan fingerprint density at radius 3 is 1.32 bits per heavy atom. The van der Waals surface area contributed by atoms with Crippen LogP contribution >= 0.6 is 74.5 Å². The van der Waals surface area contributed by atoms with Crippen LogP contribution in [0.25, 0.3) is 0 Å². The fourth-order valence-electron chi connectivity index (χ4n) is 0.833. The van der Waals surface area contributed by atoms with Gasteiger partial charge in [0.2, 0.25) is 0 Å². The van der Waals surface area contributed by atoms with E-state index < -0.39 is 0 Å². The van der Waals surface area contributed by atoms with E-state index in [1.807, 2.05) is 4.90 Å². The zero-order chi connectivity index (χ0) is 14.6. The molecule has 117 valence electrons. The minimum Gasteiger partial charge on any atom is -0.369 e. The Morgan fingerprint density at radius 1 is 0.895 bits per heavy atom. The summed E-state index contributed by atoms with van der Waals surface area (Å²) in [5.74, 6) is 0.